The molecular formula is C36H21NOS. The van der Waals surface area contributed by atoms with Crippen LogP contribution in [0.15, 0.2) is 132 Å². The van der Waals surface area contributed by atoms with Gasteiger partial charge in [0.1, 0.15) is 11.2 Å². The average Bonchev–Trinajstić information content (AvgIpc) is 3.66. The normalized spacial score (nSPS) is 12.1. The highest BCUT2D eigenvalue weighted by molar-refractivity contribution is 7.26. The predicted octanol–water partition coefficient (Wildman–Crippen LogP) is 10.7. The summed E-state index contributed by atoms with van der Waals surface area (Å²) < 4.78 is 11.8. The average molecular weight is 516 g/mol. The van der Waals surface area contributed by atoms with Crippen molar-refractivity contribution in [2.45, 2.75) is 0 Å². The number of thiophene rings is 1. The highest BCUT2D eigenvalue weighted by Gasteiger charge is 2.20. The molecule has 2 nitrogen and oxygen atoms in total. The van der Waals surface area contributed by atoms with E-state index >= 15 is 0 Å². The molecule has 6 aromatic carbocycles. The quantitative estimate of drug-likeness (QED) is 0.224. The summed E-state index contributed by atoms with van der Waals surface area (Å²) in [6.07, 6.45) is 0. The van der Waals surface area contributed by atoms with Gasteiger partial charge in [-0.15, -0.1) is 11.3 Å². The van der Waals surface area contributed by atoms with E-state index in [1.807, 2.05) is 11.3 Å². The number of hydrogen-bond acceptors (Lipinski definition) is 2. The molecule has 182 valence electrons. The zero-order chi connectivity index (χ0) is 25.5. The molecule has 0 unspecified atom stereocenters. The third-order valence-electron chi connectivity index (χ3n) is 8.01. The molecule has 39 heavy (non-hydrogen) atoms. The van der Waals surface area contributed by atoms with E-state index in [1.54, 1.807) is 0 Å². The number of hydrogen-bond donors (Lipinski definition) is 0. The summed E-state index contributed by atoms with van der Waals surface area (Å²) in [7, 11) is 0. The maximum atomic E-state index is 6.87. The van der Waals surface area contributed by atoms with Crippen LogP contribution < -0.4 is 0 Å². The Labute approximate surface area is 227 Å². The third-order valence-corrected chi connectivity index (χ3v) is 9.15. The summed E-state index contributed by atoms with van der Waals surface area (Å²) in [6.45, 7) is 0. The second kappa shape index (κ2) is 7.83. The molecule has 0 fully saturated rings. The van der Waals surface area contributed by atoms with Crippen LogP contribution in [0.1, 0.15) is 0 Å². The van der Waals surface area contributed by atoms with Crippen LogP contribution in [-0.2, 0) is 0 Å². The Balaban J connectivity index is 1.36. The molecule has 0 saturated carbocycles. The van der Waals surface area contributed by atoms with Gasteiger partial charge in [0.05, 0.1) is 16.4 Å². The second-order valence-corrected chi connectivity index (χ2v) is 11.2. The van der Waals surface area contributed by atoms with Crippen LogP contribution in [0.3, 0.4) is 0 Å². The van der Waals surface area contributed by atoms with E-state index in [4.69, 9.17) is 4.42 Å². The number of para-hydroxylation sites is 1. The Morgan fingerprint density at radius 2 is 1.10 bits per heavy atom. The van der Waals surface area contributed by atoms with Crippen LogP contribution in [-0.4, -0.2) is 4.57 Å². The van der Waals surface area contributed by atoms with Crippen LogP contribution in [0, 0.1) is 0 Å². The van der Waals surface area contributed by atoms with Gasteiger partial charge in [-0.05, 0) is 59.7 Å². The lowest BCUT2D eigenvalue weighted by molar-refractivity contribution is 0.677. The Morgan fingerprint density at radius 1 is 0.436 bits per heavy atom. The van der Waals surface area contributed by atoms with E-state index in [0.717, 1.165) is 27.8 Å². The second-order valence-electron chi connectivity index (χ2n) is 10.1. The van der Waals surface area contributed by atoms with E-state index in [9.17, 15) is 0 Å². The summed E-state index contributed by atoms with van der Waals surface area (Å²) in [5, 5.41) is 7.19. The van der Waals surface area contributed by atoms with E-state index < -0.39 is 0 Å². The van der Waals surface area contributed by atoms with Crippen LogP contribution in [0.5, 0.6) is 0 Å². The van der Waals surface area contributed by atoms with Crippen molar-refractivity contribution in [2.24, 2.45) is 0 Å². The number of benzene rings is 6. The fourth-order valence-electron chi connectivity index (χ4n) is 6.26. The zero-order valence-corrected chi connectivity index (χ0v) is 21.7. The van der Waals surface area contributed by atoms with Gasteiger partial charge in [0.15, 0.2) is 0 Å². The van der Waals surface area contributed by atoms with Crippen molar-refractivity contribution in [3.05, 3.63) is 127 Å². The van der Waals surface area contributed by atoms with Crippen molar-refractivity contribution in [3.63, 3.8) is 0 Å². The summed E-state index contributed by atoms with van der Waals surface area (Å²) in [6, 6.07) is 45.7. The Hall–Kier alpha value is -4.86. The lowest BCUT2D eigenvalue weighted by Crippen LogP contribution is -1.93. The zero-order valence-electron chi connectivity index (χ0n) is 20.9. The molecule has 3 heterocycles. The molecule has 3 aromatic heterocycles. The smallest absolute Gasteiger partial charge is 0.145 e. The Bertz CT molecular complexity index is 2370. The Morgan fingerprint density at radius 3 is 1.95 bits per heavy atom. The summed E-state index contributed by atoms with van der Waals surface area (Å²) in [5.41, 5.74) is 7.86. The first kappa shape index (κ1) is 21.1. The van der Waals surface area contributed by atoms with Crippen molar-refractivity contribution in [1.29, 1.82) is 0 Å². The Kier molecular flexibility index (Phi) is 4.24. The topological polar surface area (TPSA) is 18.1 Å². The molecule has 0 bridgehead atoms. The molecule has 9 rings (SSSR count). The van der Waals surface area contributed by atoms with Crippen molar-refractivity contribution < 1.29 is 4.42 Å². The summed E-state index contributed by atoms with van der Waals surface area (Å²) in [5.74, 6) is 0. The number of nitrogens with zero attached hydrogens (tertiary/aromatic N) is 1. The molecule has 0 aliphatic rings. The van der Waals surface area contributed by atoms with Crippen LogP contribution >= 0.6 is 11.3 Å². The number of aromatic nitrogens is 1. The largest absolute Gasteiger partial charge is 0.455 e. The fourth-order valence-corrected chi connectivity index (χ4v) is 7.37. The minimum atomic E-state index is 0.959. The highest BCUT2D eigenvalue weighted by atomic mass is 32.1. The summed E-state index contributed by atoms with van der Waals surface area (Å²) >= 11 is 1.83. The molecule has 0 N–H and O–H groups in total. The monoisotopic (exact) mass is 515 g/mol. The predicted molar refractivity (Wildman–Crippen MR) is 166 cm³/mol. The van der Waals surface area contributed by atoms with Gasteiger partial charge >= 0.3 is 0 Å². The van der Waals surface area contributed by atoms with Crippen LogP contribution in [0.2, 0.25) is 0 Å². The number of rotatable bonds is 2. The number of fused-ring (bicyclic) bond motifs is 11. The van der Waals surface area contributed by atoms with Crippen LogP contribution in [0.25, 0.3) is 80.7 Å². The van der Waals surface area contributed by atoms with Gasteiger partial charge in [0.2, 0.25) is 0 Å². The highest BCUT2D eigenvalue weighted by Crippen LogP contribution is 2.45. The molecule has 0 aliphatic heterocycles. The van der Waals surface area contributed by atoms with Crippen molar-refractivity contribution in [3.8, 4) is 16.8 Å². The molecule has 3 heteroatoms. The molecule has 0 amide bonds. The van der Waals surface area contributed by atoms with E-state index in [0.29, 0.717) is 0 Å². The standard InChI is InChI=1S/C36H21NOS/c1-2-8-22(9-3-1)23-14-16-24(17-15-23)37-29-12-6-4-10-27(29)33-30(37)20-18-25-26-19-21-32-34(36(26)38-35(25)33)28-11-5-7-13-31(28)39-32/h1-21H. The molecule has 9 aromatic rings. The van der Waals surface area contributed by atoms with Gasteiger partial charge in [-0.25, -0.2) is 0 Å². The first-order chi connectivity index (χ1) is 19.3. The van der Waals surface area contributed by atoms with Gasteiger partial charge in [-0.3, -0.25) is 0 Å². The van der Waals surface area contributed by atoms with E-state index in [1.165, 1.54) is 53.0 Å². The summed E-state index contributed by atoms with van der Waals surface area (Å²) in [4.78, 5) is 0. The maximum absolute atomic E-state index is 6.87. The first-order valence-electron chi connectivity index (χ1n) is 13.2. The first-order valence-corrected chi connectivity index (χ1v) is 14.0. The molecular weight excluding hydrogens is 494 g/mol. The van der Waals surface area contributed by atoms with Crippen molar-refractivity contribution in [2.75, 3.05) is 0 Å². The molecule has 0 atom stereocenters. The minimum absolute atomic E-state index is 0.959. The lowest BCUT2D eigenvalue weighted by atomic mass is 10.1. The lowest BCUT2D eigenvalue weighted by Gasteiger charge is -2.09. The van der Waals surface area contributed by atoms with Gasteiger partial charge < -0.3 is 8.98 Å². The maximum Gasteiger partial charge on any atom is 0.145 e. The number of furan rings is 1. The van der Waals surface area contributed by atoms with E-state index in [-0.39, 0.29) is 0 Å². The molecule has 0 saturated heterocycles. The third kappa shape index (κ3) is 2.91. The van der Waals surface area contributed by atoms with Crippen LogP contribution in [0.4, 0.5) is 0 Å². The van der Waals surface area contributed by atoms with Crippen molar-refractivity contribution in [1.82, 2.24) is 4.57 Å². The van der Waals surface area contributed by atoms with E-state index in [2.05, 4.69) is 132 Å². The molecule has 0 aliphatic carbocycles. The van der Waals surface area contributed by atoms with Gasteiger partial charge in [0, 0.05) is 42.0 Å². The van der Waals surface area contributed by atoms with Gasteiger partial charge in [-0.2, -0.15) is 0 Å². The van der Waals surface area contributed by atoms with Gasteiger partial charge in [-0.1, -0.05) is 78.9 Å². The fraction of sp³-hybridized carbons (Fsp3) is 0. The molecule has 0 spiro atoms. The van der Waals surface area contributed by atoms with Crippen molar-refractivity contribution >= 4 is 75.3 Å². The minimum Gasteiger partial charge on any atom is -0.455 e. The van der Waals surface area contributed by atoms with Gasteiger partial charge in [0.25, 0.3) is 0 Å². The molecule has 0 radical (unpaired) electrons. The SMILES string of the molecule is c1ccc(-c2ccc(-n3c4ccccc4c4c5oc6c(ccc7sc8ccccc8c76)c5ccc43)cc2)cc1.